The second kappa shape index (κ2) is 5.01. The van der Waals surface area contributed by atoms with Crippen molar-refractivity contribution in [2.24, 2.45) is 11.8 Å². The van der Waals surface area contributed by atoms with Crippen LogP contribution < -0.4 is 4.74 Å². The van der Waals surface area contributed by atoms with E-state index in [9.17, 15) is 5.11 Å². The second-order valence-corrected chi connectivity index (χ2v) is 6.14. The maximum Gasteiger partial charge on any atom is 0.125 e. The fourth-order valence-corrected chi connectivity index (χ4v) is 3.59. The zero-order valence-electron chi connectivity index (χ0n) is 11.7. The van der Waals surface area contributed by atoms with E-state index < -0.39 is 0 Å². The molecule has 2 nitrogen and oxygen atoms in total. The Morgan fingerprint density at radius 3 is 2.79 bits per heavy atom. The number of fused-ring (bicyclic) bond motifs is 1. The minimum absolute atomic E-state index is 0.149. The predicted octanol–water partition coefficient (Wildman–Crippen LogP) is 3.86. The van der Waals surface area contributed by atoms with E-state index in [1.54, 1.807) is 0 Å². The topological polar surface area (TPSA) is 29.5 Å². The van der Waals surface area contributed by atoms with Crippen molar-refractivity contribution in [2.45, 2.75) is 45.3 Å². The quantitative estimate of drug-likeness (QED) is 0.775. The summed E-state index contributed by atoms with van der Waals surface area (Å²) in [4.78, 5) is 0. The first kappa shape index (κ1) is 12.7. The molecule has 2 heteroatoms. The lowest BCUT2D eigenvalue weighted by atomic mass is 9.78. The number of benzene rings is 1. The normalized spacial score (nSPS) is 34.2. The summed E-state index contributed by atoms with van der Waals surface area (Å²) in [5, 5.41) is 10.3. The van der Waals surface area contributed by atoms with Crippen LogP contribution in [-0.2, 0) is 0 Å². The summed E-state index contributed by atoms with van der Waals surface area (Å²) >= 11 is 0. The number of allylic oxidation sites excluding steroid dienone is 2. The largest absolute Gasteiger partial charge is 0.490 e. The zero-order valence-corrected chi connectivity index (χ0v) is 11.7. The number of aliphatic hydroxyl groups is 1. The van der Waals surface area contributed by atoms with Gasteiger partial charge in [-0.25, -0.2) is 0 Å². The van der Waals surface area contributed by atoms with Gasteiger partial charge < -0.3 is 9.84 Å². The Morgan fingerprint density at radius 1 is 1.21 bits per heavy atom. The molecule has 0 spiro atoms. The molecule has 2 aliphatic rings. The van der Waals surface area contributed by atoms with Crippen molar-refractivity contribution in [3.63, 3.8) is 0 Å². The standard InChI is InChI=1S/C17H22O2/c1-11-7-12(2)9-13(8-11)17-10-15(18)14-5-3-4-6-16(14)19-17/h3-7,11,13,15,17-18H,8-10H2,1-2H3/t11?,13?,15-,17?/m0/s1. The van der Waals surface area contributed by atoms with Crippen molar-refractivity contribution in [3.8, 4) is 5.75 Å². The maximum absolute atomic E-state index is 10.3. The maximum atomic E-state index is 10.3. The summed E-state index contributed by atoms with van der Waals surface area (Å²) in [5.74, 6) is 2.02. The fraction of sp³-hybridized carbons (Fsp3) is 0.529. The summed E-state index contributed by atoms with van der Waals surface area (Å²) in [7, 11) is 0. The van der Waals surface area contributed by atoms with Gasteiger partial charge >= 0.3 is 0 Å². The molecule has 0 amide bonds. The van der Waals surface area contributed by atoms with Crippen LogP contribution in [0.25, 0.3) is 0 Å². The second-order valence-electron chi connectivity index (χ2n) is 6.14. The number of rotatable bonds is 1. The molecular weight excluding hydrogens is 236 g/mol. The average Bonchev–Trinajstić information content (AvgIpc) is 2.37. The van der Waals surface area contributed by atoms with Crippen LogP contribution in [0.15, 0.2) is 35.9 Å². The number of aliphatic hydroxyl groups excluding tert-OH is 1. The van der Waals surface area contributed by atoms with Crippen molar-refractivity contribution in [2.75, 3.05) is 0 Å². The van der Waals surface area contributed by atoms with Crippen LogP contribution in [0.5, 0.6) is 5.75 Å². The van der Waals surface area contributed by atoms with Crippen molar-refractivity contribution >= 4 is 0 Å². The Kier molecular flexibility index (Phi) is 3.36. The molecule has 1 aliphatic heterocycles. The van der Waals surface area contributed by atoms with E-state index in [0.717, 1.165) is 30.6 Å². The monoisotopic (exact) mass is 258 g/mol. The van der Waals surface area contributed by atoms with Gasteiger partial charge in [-0.1, -0.05) is 36.8 Å². The van der Waals surface area contributed by atoms with Gasteiger partial charge in [-0.3, -0.25) is 0 Å². The van der Waals surface area contributed by atoms with Crippen LogP contribution in [0.2, 0.25) is 0 Å². The number of hydrogen-bond acceptors (Lipinski definition) is 2. The molecule has 0 saturated heterocycles. The van der Waals surface area contributed by atoms with Crippen LogP contribution in [0.1, 0.15) is 44.8 Å². The lowest BCUT2D eigenvalue weighted by Crippen LogP contribution is -2.35. The summed E-state index contributed by atoms with van der Waals surface area (Å²) in [6, 6.07) is 7.87. The molecule has 19 heavy (non-hydrogen) atoms. The molecule has 0 fully saturated rings. The Balaban J connectivity index is 1.80. The van der Waals surface area contributed by atoms with E-state index in [2.05, 4.69) is 19.9 Å². The minimum Gasteiger partial charge on any atom is -0.490 e. The van der Waals surface area contributed by atoms with Crippen molar-refractivity contribution in [3.05, 3.63) is 41.5 Å². The highest BCUT2D eigenvalue weighted by molar-refractivity contribution is 5.37. The lowest BCUT2D eigenvalue weighted by Gasteiger charge is -2.37. The molecule has 1 aromatic carbocycles. The molecular formula is C17H22O2. The first-order chi connectivity index (χ1) is 9.13. The molecule has 1 aliphatic carbocycles. The van der Waals surface area contributed by atoms with Gasteiger partial charge in [0, 0.05) is 17.9 Å². The molecule has 102 valence electrons. The van der Waals surface area contributed by atoms with Crippen molar-refractivity contribution < 1.29 is 9.84 Å². The Morgan fingerprint density at radius 2 is 2.00 bits per heavy atom. The third-order valence-corrected chi connectivity index (χ3v) is 4.37. The third kappa shape index (κ3) is 2.55. The predicted molar refractivity (Wildman–Crippen MR) is 76.1 cm³/mol. The average molecular weight is 258 g/mol. The number of para-hydroxylation sites is 1. The fourth-order valence-electron chi connectivity index (χ4n) is 3.59. The summed E-state index contributed by atoms with van der Waals surface area (Å²) in [5.41, 5.74) is 2.40. The van der Waals surface area contributed by atoms with Crippen LogP contribution in [0.4, 0.5) is 0 Å². The molecule has 1 heterocycles. The first-order valence-electron chi connectivity index (χ1n) is 7.24. The Labute approximate surface area is 115 Å². The number of hydrogen-bond donors (Lipinski definition) is 1. The van der Waals surface area contributed by atoms with Gasteiger partial charge in [0.05, 0.1) is 6.10 Å². The summed E-state index contributed by atoms with van der Waals surface area (Å²) in [6.45, 7) is 4.47. The Hall–Kier alpha value is -1.28. The van der Waals surface area contributed by atoms with Crippen LogP contribution in [-0.4, -0.2) is 11.2 Å². The van der Waals surface area contributed by atoms with E-state index in [0.29, 0.717) is 11.8 Å². The molecule has 0 radical (unpaired) electrons. The van der Waals surface area contributed by atoms with E-state index in [1.165, 1.54) is 5.57 Å². The van der Waals surface area contributed by atoms with E-state index in [1.807, 2.05) is 24.3 Å². The van der Waals surface area contributed by atoms with Gasteiger partial charge in [-0.2, -0.15) is 0 Å². The summed E-state index contributed by atoms with van der Waals surface area (Å²) in [6.07, 6.45) is 5.12. The Bertz CT molecular complexity index is 492. The van der Waals surface area contributed by atoms with Gasteiger partial charge in [-0.15, -0.1) is 0 Å². The SMILES string of the molecule is CC1=CC(C)CC(C2C[C@H](O)c3ccccc3O2)C1. The van der Waals surface area contributed by atoms with E-state index in [-0.39, 0.29) is 12.2 Å². The van der Waals surface area contributed by atoms with Crippen molar-refractivity contribution in [1.82, 2.24) is 0 Å². The zero-order chi connectivity index (χ0) is 13.4. The molecule has 0 bridgehead atoms. The van der Waals surface area contributed by atoms with Gasteiger partial charge in [0.1, 0.15) is 11.9 Å². The van der Waals surface area contributed by atoms with E-state index >= 15 is 0 Å². The molecule has 0 aromatic heterocycles. The molecule has 3 rings (SSSR count). The van der Waals surface area contributed by atoms with Gasteiger partial charge in [0.2, 0.25) is 0 Å². The van der Waals surface area contributed by atoms with Crippen molar-refractivity contribution in [1.29, 1.82) is 0 Å². The van der Waals surface area contributed by atoms with Gasteiger partial charge in [0.25, 0.3) is 0 Å². The molecule has 3 unspecified atom stereocenters. The minimum atomic E-state index is -0.378. The molecule has 1 aromatic rings. The number of ether oxygens (including phenoxy) is 1. The third-order valence-electron chi connectivity index (χ3n) is 4.37. The molecule has 4 atom stereocenters. The highest BCUT2D eigenvalue weighted by Crippen LogP contribution is 2.41. The van der Waals surface area contributed by atoms with Crippen LogP contribution >= 0.6 is 0 Å². The van der Waals surface area contributed by atoms with Crippen LogP contribution in [0, 0.1) is 11.8 Å². The molecule has 0 saturated carbocycles. The highest BCUT2D eigenvalue weighted by Gasteiger charge is 2.34. The summed E-state index contributed by atoms with van der Waals surface area (Å²) < 4.78 is 6.15. The lowest BCUT2D eigenvalue weighted by molar-refractivity contribution is 0.0273. The first-order valence-corrected chi connectivity index (χ1v) is 7.24. The van der Waals surface area contributed by atoms with Gasteiger partial charge in [-0.05, 0) is 31.7 Å². The van der Waals surface area contributed by atoms with E-state index in [4.69, 9.17) is 4.74 Å². The smallest absolute Gasteiger partial charge is 0.125 e. The molecule has 1 N–H and O–H groups in total. The van der Waals surface area contributed by atoms with Crippen LogP contribution in [0.3, 0.4) is 0 Å². The van der Waals surface area contributed by atoms with Gasteiger partial charge in [0.15, 0.2) is 0 Å². The highest BCUT2D eigenvalue weighted by atomic mass is 16.5.